The van der Waals surface area contributed by atoms with E-state index in [4.69, 9.17) is 24.7 Å². The van der Waals surface area contributed by atoms with Gasteiger partial charge in [-0.1, -0.05) is 6.07 Å². The maximum absolute atomic E-state index is 13.8. The van der Waals surface area contributed by atoms with Gasteiger partial charge >= 0.3 is 23.9 Å². The van der Waals surface area contributed by atoms with E-state index in [1.54, 1.807) is 32.9 Å². The van der Waals surface area contributed by atoms with Gasteiger partial charge < -0.3 is 34.7 Å². The second-order valence-corrected chi connectivity index (χ2v) is 12.1. The Morgan fingerprint density at radius 2 is 1.79 bits per heavy atom. The molecule has 2 amide bonds. The van der Waals surface area contributed by atoms with E-state index in [0.29, 0.717) is 18.8 Å². The van der Waals surface area contributed by atoms with Crippen LogP contribution in [0.2, 0.25) is 0 Å². The highest BCUT2D eigenvalue weighted by Crippen LogP contribution is 2.41. The molecule has 0 bridgehead atoms. The molecular weight excluding hydrogens is 586 g/mol. The fraction of sp³-hybridized carbons (Fsp3) is 0.500. The van der Waals surface area contributed by atoms with Crippen molar-refractivity contribution in [2.24, 2.45) is 5.73 Å². The van der Waals surface area contributed by atoms with Crippen molar-refractivity contribution in [1.82, 2.24) is 10.2 Å². The van der Waals surface area contributed by atoms with Crippen molar-refractivity contribution in [2.75, 3.05) is 25.8 Å². The van der Waals surface area contributed by atoms with Gasteiger partial charge in [0.25, 0.3) is 11.8 Å². The van der Waals surface area contributed by atoms with E-state index in [1.165, 1.54) is 24.8 Å². The number of esters is 4. The third-order valence-electron chi connectivity index (χ3n) is 6.65. The van der Waals surface area contributed by atoms with Crippen LogP contribution in [0.3, 0.4) is 0 Å². The van der Waals surface area contributed by atoms with E-state index in [9.17, 15) is 28.8 Å². The van der Waals surface area contributed by atoms with E-state index in [2.05, 4.69) is 10.1 Å². The van der Waals surface area contributed by atoms with Crippen molar-refractivity contribution in [3.05, 3.63) is 40.6 Å². The van der Waals surface area contributed by atoms with E-state index in [-0.39, 0.29) is 29.2 Å². The number of rotatable bonds is 9. The van der Waals surface area contributed by atoms with E-state index >= 15 is 0 Å². The zero-order valence-corrected chi connectivity index (χ0v) is 25.2. The molecule has 3 N–H and O–H groups in total. The minimum absolute atomic E-state index is 0.136. The van der Waals surface area contributed by atoms with Crippen LogP contribution in [0.5, 0.6) is 5.75 Å². The number of hydrogen-bond acceptors (Lipinski definition) is 13. The van der Waals surface area contributed by atoms with E-state index in [0.717, 1.165) is 17.4 Å². The van der Waals surface area contributed by atoms with Crippen LogP contribution in [0.1, 0.15) is 45.7 Å². The van der Waals surface area contributed by atoms with Gasteiger partial charge in [0.2, 0.25) is 12.3 Å². The van der Waals surface area contributed by atoms with Crippen LogP contribution in [-0.2, 0) is 59.7 Å². The minimum Gasteiger partial charge on any atom is -0.493 e. The molecule has 1 saturated heterocycles. The number of carbonyl (C=O) groups is 6. The lowest BCUT2D eigenvalue weighted by Gasteiger charge is -2.50. The van der Waals surface area contributed by atoms with Gasteiger partial charge in [0.1, 0.15) is 35.1 Å². The van der Waals surface area contributed by atoms with Gasteiger partial charge in [-0.15, -0.1) is 11.8 Å². The zero-order chi connectivity index (χ0) is 31.7. The SMILES string of the molecule is CC(=O)OCOC(=O)C1=C(COC(C)=O)CSC2C(NC(=O)C(N)(C(=O)OC(C)(C)C)c3ccc4c(c3)CCO4)C(=O)N12. The summed E-state index contributed by atoms with van der Waals surface area (Å²) >= 11 is 1.19. The van der Waals surface area contributed by atoms with Crippen LogP contribution in [-0.4, -0.2) is 83.4 Å². The third kappa shape index (κ3) is 6.62. The largest absolute Gasteiger partial charge is 0.493 e. The summed E-state index contributed by atoms with van der Waals surface area (Å²) in [6, 6.07) is 3.55. The number of β-lactam (4-membered cyclic amide) rings is 1. The van der Waals surface area contributed by atoms with Crippen molar-refractivity contribution in [3.63, 3.8) is 0 Å². The molecule has 1 aromatic carbocycles. The Hall–Kier alpha value is -4.11. The summed E-state index contributed by atoms with van der Waals surface area (Å²) in [5.74, 6) is -4.23. The van der Waals surface area contributed by atoms with Crippen LogP contribution in [0.4, 0.5) is 0 Å². The summed E-state index contributed by atoms with van der Waals surface area (Å²) in [6.45, 7) is 6.67. The molecule has 15 heteroatoms. The lowest BCUT2D eigenvalue weighted by atomic mass is 9.87. The van der Waals surface area contributed by atoms with Gasteiger partial charge in [-0.2, -0.15) is 0 Å². The molecule has 0 aliphatic carbocycles. The first-order valence-corrected chi connectivity index (χ1v) is 14.4. The highest BCUT2D eigenvalue weighted by atomic mass is 32.2. The monoisotopic (exact) mass is 619 g/mol. The molecule has 3 atom stereocenters. The second kappa shape index (κ2) is 12.2. The Kier molecular flexibility index (Phi) is 9.06. The van der Waals surface area contributed by atoms with Crippen LogP contribution in [0.25, 0.3) is 0 Å². The first-order valence-electron chi connectivity index (χ1n) is 13.3. The first-order chi connectivity index (χ1) is 20.1. The third-order valence-corrected chi connectivity index (χ3v) is 7.99. The van der Waals surface area contributed by atoms with Gasteiger partial charge in [0.15, 0.2) is 0 Å². The number of nitrogens with two attached hydrogens (primary N) is 1. The number of nitrogens with one attached hydrogen (secondary N) is 1. The molecule has 232 valence electrons. The lowest BCUT2D eigenvalue weighted by molar-refractivity contribution is -0.167. The molecule has 3 aliphatic rings. The number of nitrogens with zero attached hydrogens (tertiary/aromatic N) is 1. The Bertz CT molecular complexity index is 1400. The fourth-order valence-corrected chi connectivity index (χ4v) is 5.92. The molecule has 3 aliphatic heterocycles. The van der Waals surface area contributed by atoms with Crippen molar-refractivity contribution in [2.45, 2.75) is 63.6 Å². The summed E-state index contributed by atoms with van der Waals surface area (Å²) in [5, 5.41) is 1.80. The molecular formula is C28H33N3O11S. The van der Waals surface area contributed by atoms with E-state index in [1.807, 2.05) is 0 Å². The molecule has 4 rings (SSSR count). The fourth-order valence-electron chi connectivity index (χ4n) is 4.59. The Morgan fingerprint density at radius 1 is 1.09 bits per heavy atom. The molecule has 0 radical (unpaired) electrons. The summed E-state index contributed by atoms with van der Waals surface area (Å²) in [5.41, 5.74) is 4.26. The van der Waals surface area contributed by atoms with Gasteiger partial charge in [-0.05, 0) is 44.0 Å². The number of thioether (sulfide) groups is 1. The smallest absolute Gasteiger partial charge is 0.358 e. The summed E-state index contributed by atoms with van der Waals surface area (Å²) in [6.07, 6.45) is 0.558. The van der Waals surface area contributed by atoms with Crippen LogP contribution < -0.4 is 15.8 Å². The zero-order valence-electron chi connectivity index (χ0n) is 24.3. The van der Waals surface area contributed by atoms with Crippen LogP contribution in [0, 0.1) is 0 Å². The Morgan fingerprint density at radius 3 is 2.44 bits per heavy atom. The van der Waals surface area contributed by atoms with Crippen molar-refractivity contribution < 1.29 is 52.5 Å². The van der Waals surface area contributed by atoms with E-state index < -0.39 is 65.0 Å². The van der Waals surface area contributed by atoms with Gasteiger partial charge in [0, 0.05) is 31.6 Å². The summed E-state index contributed by atoms with van der Waals surface area (Å²) in [7, 11) is 0. The Balaban J connectivity index is 1.60. The lowest BCUT2D eigenvalue weighted by Crippen LogP contribution is -2.73. The minimum atomic E-state index is -2.33. The average molecular weight is 620 g/mol. The Labute approximate surface area is 251 Å². The van der Waals surface area contributed by atoms with Gasteiger partial charge in [-0.3, -0.25) is 24.1 Å². The number of benzene rings is 1. The number of carbonyl (C=O) groups excluding carboxylic acids is 6. The van der Waals surface area contributed by atoms with Crippen molar-refractivity contribution in [3.8, 4) is 5.75 Å². The second-order valence-electron chi connectivity index (χ2n) is 11.0. The van der Waals surface area contributed by atoms with Gasteiger partial charge in [-0.25, -0.2) is 9.59 Å². The van der Waals surface area contributed by atoms with Crippen LogP contribution in [0.15, 0.2) is 29.5 Å². The molecule has 1 aromatic rings. The predicted octanol–water partition coefficient (Wildman–Crippen LogP) is 0.398. The molecule has 1 fully saturated rings. The standard InChI is InChI=1S/C28H33N3O11S/c1-14(32)39-11-17-12-43-23-20(22(34)31(23)21(17)24(35)41-13-40-15(2)33)30-25(36)28(29,26(37)42-27(3,4)5)18-6-7-19-16(10-18)8-9-38-19/h6-7,10,20,23H,8-9,11-13,29H2,1-5H3,(H,30,36). The molecule has 43 heavy (non-hydrogen) atoms. The van der Waals surface area contributed by atoms with Crippen molar-refractivity contribution >= 4 is 47.5 Å². The molecule has 0 saturated carbocycles. The number of hydrogen-bond donors (Lipinski definition) is 2. The summed E-state index contributed by atoms with van der Waals surface area (Å²) in [4.78, 5) is 77.3. The maximum Gasteiger partial charge on any atom is 0.358 e. The summed E-state index contributed by atoms with van der Waals surface area (Å²) < 4.78 is 25.8. The normalized spacial score (nSPS) is 20.4. The topological polar surface area (TPSA) is 190 Å². The number of fused-ring (bicyclic) bond motifs is 2. The first kappa shape index (κ1) is 31.8. The molecule has 3 unspecified atom stereocenters. The van der Waals surface area contributed by atoms with Gasteiger partial charge in [0.05, 0.1) is 6.61 Å². The highest BCUT2D eigenvalue weighted by Gasteiger charge is 2.57. The quantitative estimate of drug-likeness (QED) is 0.127. The molecule has 3 heterocycles. The molecule has 0 spiro atoms. The van der Waals surface area contributed by atoms with Crippen LogP contribution >= 0.6 is 11.8 Å². The molecule has 14 nitrogen and oxygen atoms in total. The highest BCUT2D eigenvalue weighted by molar-refractivity contribution is 8.00. The number of ether oxygens (including phenoxy) is 5. The predicted molar refractivity (Wildman–Crippen MR) is 149 cm³/mol. The average Bonchev–Trinajstić information content (AvgIpc) is 3.40. The van der Waals surface area contributed by atoms with Crippen molar-refractivity contribution in [1.29, 1.82) is 0 Å². The number of amides is 2. The molecule has 0 aromatic heterocycles. The maximum atomic E-state index is 13.8.